The van der Waals surface area contributed by atoms with Gasteiger partial charge in [0.15, 0.2) is 5.76 Å². The molecule has 1 aromatic carbocycles. The van der Waals surface area contributed by atoms with E-state index in [0.717, 1.165) is 11.5 Å². The molecule has 27 heavy (non-hydrogen) atoms. The second-order valence-electron chi connectivity index (χ2n) is 5.59. The lowest BCUT2D eigenvalue weighted by Gasteiger charge is -2.01. The van der Waals surface area contributed by atoms with Crippen molar-refractivity contribution in [3.05, 3.63) is 80.5 Å². The lowest BCUT2D eigenvalue weighted by molar-refractivity contribution is 0.527. The molecule has 0 N–H and O–H groups in total. The van der Waals surface area contributed by atoms with E-state index < -0.39 is 0 Å². The number of benzene rings is 1. The fourth-order valence-electron chi connectivity index (χ4n) is 2.40. The third-order valence-corrected chi connectivity index (χ3v) is 5.00. The third-order valence-electron chi connectivity index (χ3n) is 3.65. The van der Waals surface area contributed by atoms with Crippen molar-refractivity contribution in [2.45, 2.75) is 6.92 Å². The van der Waals surface area contributed by atoms with Crippen LogP contribution in [0.4, 0.5) is 5.69 Å². The zero-order chi connectivity index (χ0) is 18.8. The minimum Gasteiger partial charge on any atom is -0.463 e. The van der Waals surface area contributed by atoms with Gasteiger partial charge in [0, 0.05) is 10.4 Å². The van der Waals surface area contributed by atoms with Gasteiger partial charge >= 0.3 is 0 Å². The van der Waals surface area contributed by atoms with Crippen LogP contribution in [0.5, 0.6) is 0 Å². The summed E-state index contributed by atoms with van der Waals surface area (Å²) in [5.41, 5.74) is 1.38. The van der Waals surface area contributed by atoms with Crippen molar-refractivity contribution in [1.82, 2.24) is 4.68 Å². The average Bonchev–Trinajstić information content (AvgIpc) is 3.36. The highest BCUT2D eigenvalue weighted by Crippen LogP contribution is 2.28. The van der Waals surface area contributed by atoms with Gasteiger partial charge in [-0.25, -0.2) is 9.67 Å². The summed E-state index contributed by atoms with van der Waals surface area (Å²) in [7, 11) is 0. The minimum atomic E-state index is 0.465. The number of furan rings is 2. The summed E-state index contributed by atoms with van der Waals surface area (Å²) in [6.07, 6.45) is 3.25. The van der Waals surface area contributed by atoms with Crippen molar-refractivity contribution >= 4 is 46.4 Å². The van der Waals surface area contributed by atoms with Crippen molar-refractivity contribution in [1.29, 1.82) is 0 Å². The Morgan fingerprint density at radius 1 is 1.15 bits per heavy atom. The summed E-state index contributed by atoms with van der Waals surface area (Å²) in [4.78, 5) is 5.26. The molecule has 3 aromatic heterocycles. The third kappa shape index (κ3) is 3.93. The standard InChI is InChI=1S/C19H13Cl2N3O2S/c1-12-4-6-14(26-12)10-22-24-17(18-3-2-8-25-18)11-27-19(24)23-16-7-5-13(20)9-15(16)21/h2-11H,1H3. The number of nitrogens with zero attached hydrogens (tertiary/aromatic N) is 3. The van der Waals surface area contributed by atoms with E-state index in [1.165, 1.54) is 11.3 Å². The highest BCUT2D eigenvalue weighted by Gasteiger charge is 2.11. The molecule has 4 rings (SSSR count). The van der Waals surface area contributed by atoms with Gasteiger partial charge in [0.2, 0.25) is 4.80 Å². The molecule has 3 heterocycles. The Bertz CT molecular complexity index is 1170. The summed E-state index contributed by atoms with van der Waals surface area (Å²) in [6.45, 7) is 1.88. The molecule has 0 amide bonds. The normalized spacial score (nSPS) is 12.3. The van der Waals surface area contributed by atoms with E-state index in [4.69, 9.17) is 32.0 Å². The van der Waals surface area contributed by atoms with E-state index in [0.29, 0.717) is 32.1 Å². The molecule has 0 aliphatic heterocycles. The number of aryl methyl sites for hydroxylation is 1. The Morgan fingerprint density at radius 3 is 2.74 bits per heavy atom. The minimum absolute atomic E-state index is 0.465. The molecule has 4 aromatic rings. The molecular formula is C19H13Cl2N3O2S. The molecule has 0 bridgehead atoms. The molecule has 136 valence electrons. The van der Waals surface area contributed by atoms with Gasteiger partial charge in [0.1, 0.15) is 17.2 Å². The maximum atomic E-state index is 6.26. The first-order chi connectivity index (χ1) is 13.1. The van der Waals surface area contributed by atoms with Crippen molar-refractivity contribution in [2.24, 2.45) is 10.1 Å². The van der Waals surface area contributed by atoms with Crippen LogP contribution in [0, 0.1) is 6.92 Å². The molecule has 0 saturated carbocycles. The van der Waals surface area contributed by atoms with Gasteiger partial charge in [-0.1, -0.05) is 23.2 Å². The summed E-state index contributed by atoms with van der Waals surface area (Å²) in [6, 6.07) is 12.6. The first-order valence-corrected chi connectivity index (χ1v) is 9.59. The Labute approximate surface area is 168 Å². The van der Waals surface area contributed by atoms with Crippen LogP contribution in [0.3, 0.4) is 0 Å². The van der Waals surface area contributed by atoms with E-state index in [1.54, 1.807) is 35.4 Å². The average molecular weight is 418 g/mol. The largest absolute Gasteiger partial charge is 0.463 e. The van der Waals surface area contributed by atoms with Gasteiger partial charge < -0.3 is 8.83 Å². The highest BCUT2D eigenvalue weighted by molar-refractivity contribution is 7.07. The monoisotopic (exact) mass is 417 g/mol. The van der Waals surface area contributed by atoms with Crippen LogP contribution in [0.25, 0.3) is 11.5 Å². The predicted molar refractivity (Wildman–Crippen MR) is 108 cm³/mol. The van der Waals surface area contributed by atoms with Crippen LogP contribution < -0.4 is 4.80 Å². The summed E-state index contributed by atoms with van der Waals surface area (Å²) in [5, 5.41) is 7.48. The van der Waals surface area contributed by atoms with Gasteiger partial charge in [-0.05, 0) is 49.4 Å². The lowest BCUT2D eigenvalue weighted by atomic mass is 10.3. The first kappa shape index (κ1) is 17.9. The Balaban J connectivity index is 1.84. The molecule has 5 nitrogen and oxygen atoms in total. The fraction of sp³-hybridized carbons (Fsp3) is 0.0526. The van der Waals surface area contributed by atoms with E-state index in [-0.39, 0.29) is 0 Å². The smallest absolute Gasteiger partial charge is 0.211 e. The van der Waals surface area contributed by atoms with Crippen LogP contribution in [0.2, 0.25) is 10.0 Å². The van der Waals surface area contributed by atoms with Crippen molar-refractivity contribution < 1.29 is 8.83 Å². The molecule has 8 heteroatoms. The van der Waals surface area contributed by atoms with Crippen LogP contribution in [0.1, 0.15) is 11.5 Å². The number of aromatic nitrogens is 1. The zero-order valence-electron chi connectivity index (χ0n) is 14.1. The summed E-state index contributed by atoms with van der Waals surface area (Å²) < 4.78 is 12.8. The van der Waals surface area contributed by atoms with Gasteiger partial charge in [-0.15, -0.1) is 11.3 Å². The molecule has 0 aliphatic carbocycles. The molecule has 0 atom stereocenters. The molecular weight excluding hydrogens is 405 g/mol. The zero-order valence-corrected chi connectivity index (χ0v) is 16.4. The molecule has 0 radical (unpaired) electrons. The van der Waals surface area contributed by atoms with E-state index in [2.05, 4.69) is 10.1 Å². The Hall–Kier alpha value is -2.54. The summed E-state index contributed by atoms with van der Waals surface area (Å²) >= 11 is 13.6. The van der Waals surface area contributed by atoms with Gasteiger partial charge in [0.25, 0.3) is 0 Å². The lowest BCUT2D eigenvalue weighted by Crippen LogP contribution is -2.11. The van der Waals surface area contributed by atoms with Crippen molar-refractivity contribution in [3.8, 4) is 11.5 Å². The number of rotatable bonds is 4. The van der Waals surface area contributed by atoms with E-state index in [9.17, 15) is 0 Å². The van der Waals surface area contributed by atoms with Gasteiger partial charge in [-0.3, -0.25) is 0 Å². The van der Waals surface area contributed by atoms with Gasteiger partial charge in [-0.2, -0.15) is 5.10 Å². The number of thiazole rings is 1. The second-order valence-corrected chi connectivity index (χ2v) is 7.27. The number of hydrogen-bond donors (Lipinski definition) is 0. The van der Waals surface area contributed by atoms with Crippen molar-refractivity contribution in [3.63, 3.8) is 0 Å². The van der Waals surface area contributed by atoms with Crippen LogP contribution in [0.15, 0.2) is 73.0 Å². The topological polar surface area (TPSA) is 55.9 Å². The molecule has 0 saturated heterocycles. The Kier molecular flexibility index (Phi) is 5.03. The maximum absolute atomic E-state index is 6.26. The number of halogens is 2. The molecule has 0 fully saturated rings. The fourth-order valence-corrected chi connectivity index (χ4v) is 3.68. The molecule has 0 aliphatic rings. The van der Waals surface area contributed by atoms with Crippen LogP contribution >= 0.6 is 34.5 Å². The van der Waals surface area contributed by atoms with E-state index >= 15 is 0 Å². The highest BCUT2D eigenvalue weighted by atomic mass is 35.5. The number of hydrogen-bond acceptors (Lipinski definition) is 5. The van der Waals surface area contributed by atoms with Crippen LogP contribution in [-0.4, -0.2) is 10.9 Å². The van der Waals surface area contributed by atoms with E-state index in [1.807, 2.05) is 36.6 Å². The van der Waals surface area contributed by atoms with Gasteiger partial charge in [0.05, 0.1) is 23.2 Å². The quantitative estimate of drug-likeness (QED) is 0.374. The molecule has 0 spiro atoms. The SMILES string of the molecule is Cc1ccc(C=Nn2c(-c3ccco3)csc2=Nc2ccc(Cl)cc2Cl)o1. The second kappa shape index (κ2) is 7.60. The van der Waals surface area contributed by atoms with Crippen molar-refractivity contribution in [2.75, 3.05) is 0 Å². The Morgan fingerprint density at radius 2 is 2.04 bits per heavy atom. The first-order valence-electron chi connectivity index (χ1n) is 7.95. The molecule has 0 unspecified atom stereocenters. The predicted octanol–water partition coefficient (Wildman–Crippen LogP) is 6.13. The maximum Gasteiger partial charge on any atom is 0.211 e. The van der Waals surface area contributed by atoms with Crippen LogP contribution in [-0.2, 0) is 0 Å². The summed E-state index contributed by atoms with van der Waals surface area (Å²) in [5.74, 6) is 2.14.